The smallest absolute Gasteiger partial charge is 0.226 e. The summed E-state index contributed by atoms with van der Waals surface area (Å²) >= 11 is 1.29. The molecule has 0 aliphatic carbocycles. The highest BCUT2D eigenvalue weighted by Gasteiger charge is 2.11. The molecule has 0 bridgehead atoms. The maximum absolute atomic E-state index is 11.4. The van der Waals surface area contributed by atoms with Crippen LogP contribution in [0.5, 0.6) is 11.5 Å². The van der Waals surface area contributed by atoms with Gasteiger partial charge >= 0.3 is 0 Å². The molecule has 0 spiro atoms. The summed E-state index contributed by atoms with van der Waals surface area (Å²) in [6.07, 6.45) is 1.24. The number of aromatic hydroxyl groups is 2. The molecule has 0 fully saturated rings. The van der Waals surface area contributed by atoms with Crippen LogP contribution in [-0.2, 0) is 4.79 Å². The molecule has 2 aromatic rings. The van der Waals surface area contributed by atoms with E-state index in [2.05, 4.69) is 10.3 Å². The van der Waals surface area contributed by atoms with E-state index in [1.165, 1.54) is 23.5 Å². The van der Waals surface area contributed by atoms with Gasteiger partial charge in [-0.2, -0.15) is 0 Å². The number of anilines is 1. The number of benzene rings is 1. The molecule has 0 unspecified atom stereocenters. The van der Waals surface area contributed by atoms with Crippen molar-refractivity contribution in [2.75, 3.05) is 5.32 Å². The van der Waals surface area contributed by atoms with Crippen molar-refractivity contribution in [3.8, 4) is 22.8 Å². The average Bonchev–Trinajstić information content (AvgIpc) is 2.77. The first-order chi connectivity index (χ1) is 9.10. The third-order valence-electron chi connectivity index (χ3n) is 2.48. The number of rotatable bonds is 4. The molecule has 19 heavy (non-hydrogen) atoms. The highest BCUT2D eigenvalue weighted by molar-refractivity contribution is 7.14. The second kappa shape index (κ2) is 5.71. The minimum absolute atomic E-state index is 0.00653. The lowest BCUT2D eigenvalue weighted by atomic mass is 10.1. The standard InChI is InChI=1S/C13H14N2O3S/c1-2-3-12(18)15-13-14-10(7-19-13)9-5-4-8(16)6-11(9)17/h4-7,16-17H,2-3H2,1H3,(H,14,15,18). The van der Waals surface area contributed by atoms with E-state index >= 15 is 0 Å². The van der Waals surface area contributed by atoms with Crippen molar-refractivity contribution < 1.29 is 15.0 Å². The van der Waals surface area contributed by atoms with E-state index in [9.17, 15) is 15.0 Å². The fourth-order valence-electron chi connectivity index (χ4n) is 1.60. The van der Waals surface area contributed by atoms with E-state index in [4.69, 9.17) is 0 Å². The fourth-order valence-corrected chi connectivity index (χ4v) is 2.33. The zero-order valence-corrected chi connectivity index (χ0v) is 11.2. The van der Waals surface area contributed by atoms with Crippen LogP contribution in [0, 0.1) is 0 Å². The van der Waals surface area contributed by atoms with E-state index < -0.39 is 0 Å². The Morgan fingerprint density at radius 1 is 1.42 bits per heavy atom. The largest absolute Gasteiger partial charge is 0.508 e. The second-order valence-electron chi connectivity index (χ2n) is 4.04. The van der Waals surface area contributed by atoms with Crippen molar-refractivity contribution in [3.63, 3.8) is 0 Å². The molecule has 100 valence electrons. The lowest BCUT2D eigenvalue weighted by Gasteiger charge is -2.02. The summed E-state index contributed by atoms with van der Waals surface area (Å²) in [5.41, 5.74) is 1.08. The summed E-state index contributed by atoms with van der Waals surface area (Å²) in [5, 5.41) is 23.9. The zero-order chi connectivity index (χ0) is 13.8. The number of amides is 1. The van der Waals surface area contributed by atoms with Crippen LogP contribution in [0.1, 0.15) is 19.8 Å². The first-order valence-corrected chi connectivity index (χ1v) is 6.76. The summed E-state index contributed by atoms with van der Waals surface area (Å²) in [6.45, 7) is 1.93. The molecular formula is C13H14N2O3S. The van der Waals surface area contributed by atoms with Crippen molar-refractivity contribution >= 4 is 22.4 Å². The molecule has 3 N–H and O–H groups in total. The SMILES string of the molecule is CCCC(=O)Nc1nc(-c2ccc(O)cc2O)cs1. The van der Waals surface area contributed by atoms with Crippen LogP contribution >= 0.6 is 11.3 Å². The Morgan fingerprint density at radius 2 is 2.21 bits per heavy atom. The number of phenols is 2. The first-order valence-electron chi connectivity index (χ1n) is 5.88. The molecule has 1 heterocycles. The molecule has 0 atom stereocenters. The summed E-state index contributed by atoms with van der Waals surface area (Å²) in [7, 11) is 0. The number of carbonyl (C=O) groups is 1. The van der Waals surface area contributed by atoms with Crippen molar-refractivity contribution in [2.45, 2.75) is 19.8 Å². The lowest BCUT2D eigenvalue weighted by molar-refractivity contribution is -0.116. The maximum Gasteiger partial charge on any atom is 0.226 e. The normalized spacial score (nSPS) is 10.4. The number of nitrogens with zero attached hydrogens (tertiary/aromatic N) is 1. The number of carbonyl (C=O) groups excluding carboxylic acids is 1. The van der Waals surface area contributed by atoms with Gasteiger partial charge in [-0.25, -0.2) is 4.98 Å². The molecule has 1 aromatic heterocycles. The number of nitrogens with one attached hydrogen (secondary N) is 1. The van der Waals surface area contributed by atoms with Crippen LogP contribution in [0.2, 0.25) is 0 Å². The van der Waals surface area contributed by atoms with Gasteiger partial charge in [-0.3, -0.25) is 4.79 Å². The molecule has 5 nitrogen and oxygen atoms in total. The van der Waals surface area contributed by atoms with Gasteiger partial charge in [-0.1, -0.05) is 6.92 Å². The van der Waals surface area contributed by atoms with Gasteiger partial charge in [0.05, 0.1) is 5.69 Å². The number of hydrogen-bond acceptors (Lipinski definition) is 5. The topological polar surface area (TPSA) is 82.5 Å². The van der Waals surface area contributed by atoms with E-state index in [1.54, 1.807) is 11.4 Å². The van der Waals surface area contributed by atoms with Gasteiger partial charge in [-0.05, 0) is 18.6 Å². The van der Waals surface area contributed by atoms with Gasteiger partial charge in [0.2, 0.25) is 5.91 Å². The van der Waals surface area contributed by atoms with Crippen molar-refractivity contribution in [3.05, 3.63) is 23.6 Å². The Morgan fingerprint density at radius 3 is 2.89 bits per heavy atom. The minimum atomic E-state index is -0.0710. The van der Waals surface area contributed by atoms with Crippen molar-refractivity contribution in [1.82, 2.24) is 4.98 Å². The number of phenolic OH excluding ortho intramolecular Hbond substituents is 2. The molecular weight excluding hydrogens is 264 g/mol. The average molecular weight is 278 g/mol. The van der Waals surface area contributed by atoms with E-state index in [1.807, 2.05) is 6.92 Å². The van der Waals surface area contributed by atoms with Crippen LogP contribution < -0.4 is 5.32 Å². The number of thiazole rings is 1. The van der Waals surface area contributed by atoms with Gasteiger partial charge < -0.3 is 15.5 Å². The van der Waals surface area contributed by atoms with Crippen molar-refractivity contribution in [2.24, 2.45) is 0 Å². The van der Waals surface area contributed by atoms with Crippen LogP contribution in [0.25, 0.3) is 11.3 Å². The lowest BCUT2D eigenvalue weighted by Crippen LogP contribution is -2.10. The molecule has 0 saturated carbocycles. The Hall–Kier alpha value is -2.08. The van der Waals surface area contributed by atoms with Gasteiger partial charge in [0, 0.05) is 23.4 Å². The predicted molar refractivity (Wildman–Crippen MR) is 74.4 cm³/mol. The molecule has 0 aliphatic rings. The Kier molecular flexibility index (Phi) is 4.01. The summed E-state index contributed by atoms with van der Waals surface area (Å²) in [5.74, 6) is -0.122. The third kappa shape index (κ3) is 3.23. The van der Waals surface area contributed by atoms with E-state index in [0.717, 1.165) is 6.42 Å². The predicted octanol–water partition coefficient (Wildman–Crippen LogP) is 2.96. The van der Waals surface area contributed by atoms with Gasteiger partial charge in [0.15, 0.2) is 5.13 Å². The maximum atomic E-state index is 11.4. The fraction of sp³-hybridized carbons (Fsp3) is 0.231. The van der Waals surface area contributed by atoms with Crippen LogP contribution in [0.3, 0.4) is 0 Å². The van der Waals surface area contributed by atoms with E-state index in [-0.39, 0.29) is 17.4 Å². The van der Waals surface area contributed by atoms with Crippen LogP contribution in [0.15, 0.2) is 23.6 Å². The first kappa shape index (κ1) is 13.4. The minimum Gasteiger partial charge on any atom is -0.508 e. The Bertz CT molecular complexity index is 595. The summed E-state index contributed by atoms with van der Waals surface area (Å²) in [6, 6.07) is 4.31. The third-order valence-corrected chi connectivity index (χ3v) is 3.24. The molecule has 0 saturated heterocycles. The molecule has 0 aliphatic heterocycles. The number of hydrogen-bond donors (Lipinski definition) is 3. The molecule has 1 amide bonds. The van der Waals surface area contributed by atoms with Gasteiger partial charge in [-0.15, -0.1) is 11.3 Å². The summed E-state index contributed by atoms with van der Waals surface area (Å²) in [4.78, 5) is 15.7. The Labute approximate surface area is 114 Å². The Balaban J connectivity index is 2.18. The quantitative estimate of drug-likeness (QED) is 0.803. The van der Waals surface area contributed by atoms with E-state index in [0.29, 0.717) is 22.8 Å². The van der Waals surface area contributed by atoms with Crippen LogP contribution in [-0.4, -0.2) is 21.1 Å². The molecule has 1 aromatic carbocycles. The molecule has 0 radical (unpaired) electrons. The second-order valence-corrected chi connectivity index (χ2v) is 4.90. The monoisotopic (exact) mass is 278 g/mol. The highest BCUT2D eigenvalue weighted by atomic mass is 32.1. The molecule has 2 rings (SSSR count). The van der Waals surface area contributed by atoms with Gasteiger partial charge in [0.1, 0.15) is 11.5 Å². The van der Waals surface area contributed by atoms with Crippen molar-refractivity contribution in [1.29, 1.82) is 0 Å². The van der Waals surface area contributed by atoms with Gasteiger partial charge in [0.25, 0.3) is 0 Å². The zero-order valence-electron chi connectivity index (χ0n) is 10.4. The highest BCUT2D eigenvalue weighted by Crippen LogP contribution is 2.33. The summed E-state index contributed by atoms with van der Waals surface area (Å²) < 4.78 is 0. The van der Waals surface area contributed by atoms with Crippen LogP contribution in [0.4, 0.5) is 5.13 Å². The molecule has 6 heteroatoms. The number of aromatic nitrogens is 1.